The maximum absolute atomic E-state index is 13.5. The van der Waals surface area contributed by atoms with Gasteiger partial charge in [-0.2, -0.15) is 0 Å². The van der Waals surface area contributed by atoms with Gasteiger partial charge in [0.25, 0.3) is 5.91 Å². The first kappa shape index (κ1) is 21.5. The average molecular weight is 464 g/mol. The predicted octanol–water partition coefficient (Wildman–Crippen LogP) is 7.28. The molecule has 5 nitrogen and oxygen atoms in total. The summed E-state index contributed by atoms with van der Waals surface area (Å²) in [6.45, 7) is 1.93. The van der Waals surface area contributed by atoms with Gasteiger partial charge in [-0.05, 0) is 73.9 Å². The van der Waals surface area contributed by atoms with Crippen LogP contribution in [0.15, 0.2) is 65.3 Å². The number of amides is 1. The lowest BCUT2D eigenvalue weighted by Gasteiger charge is -2.15. The van der Waals surface area contributed by atoms with Gasteiger partial charge in [0, 0.05) is 11.6 Å². The van der Waals surface area contributed by atoms with Crippen molar-refractivity contribution in [2.45, 2.75) is 38.6 Å². The van der Waals surface area contributed by atoms with Crippen LogP contribution in [0.4, 0.5) is 10.1 Å². The zero-order chi connectivity index (χ0) is 22.9. The summed E-state index contributed by atoms with van der Waals surface area (Å²) in [7, 11) is 0. The third-order valence-electron chi connectivity index (χ3n) is 6.07. The number of carbonyl (C=O) groups excluding carboxylic acids is 1. The smallest absolute Gasteiger partial charge is 0.291 e. The minimum absolute atomic E-state index is 0.172. The largest absolute Gasteiger partial charge is 0.449 e. The third-order valence-corrected chi connectivity index (χ3v) is 6.38. The number of carbonyl (C=O) groups is 1. The van der Waals surface area contributed by atoms with Crippen molar-refractivity contribution < 1.29 is 13.6 Å². The van der Waals surface area contributed by atoms with Gasteiger partial charge in [-0.15, -0.1) is 0 Å². The number of halogens is 2. The molecule has 0 atom stereocenters. The molecule has 1 fully saturated rings. The minimum Gasteiger partial charge on any atom is -0.449 e. The fraction of sp³-hybridized carbons (Fsp3) is 0.231. The van der Waals surface area contributed by atoms with Crippen LogP contribution in [0.2, 0.25) is 5.02 Å². The Hall–Kier alpha value is -3.38. The Balaban J connectivity index is 1.50. The van der Waals surface area contributed by atoms with Crippen LogP contribution >= 0.6 is 11.6 Å². The fourth-order valence-corrected chi connectivity index (χ4v) is 4.66. The van der Waals surface area contributed by atoms with Crippen LogP contribution in [0.3, 0.4) is 0 Å². The fourth-order valence-electron chi connectivity index (χ4n) is 4.38. The molecule has 2 aromatic heterocycles. The SMILES string of the molecule is Cc1ccc(NC(=O)c2ccc(-c3c(-c4ccc(F)cc4)ncn3C3CCCC3)o2)c(Cl)c1. The van der Waals surface area contributed by atoms with Crippen LogP contribution in [0.5, 0.6) is 0 Å². The molecule has 33 heavy (non-hydrogen) atoms. The Morgan fingerprint density at radius 1 is 1.12 bits per heavy atom. The van der Waals surface area contributed by atoms with Crippen molar-refractivity contribution >= 4 is 23.2 Å². The van der Waals surface area contributed by atoms with E-state index >= 15 is 0 Å². The molecule has 1 amide bonds. The highest BCUT2D eigenvalue weighted by molar-refractivity contribution is 6.34. The molecule has 0 spiro atoms. The monoisotopic (exact) mass is 463 g/mol. The van der Waals surface area contributed by atoms with E-state index < -0.39 is 0 Å². The van der Waals surface area contributed by atoms with Crippen molar-refractivity contribution in [1.29, 1.82) is 0 Å². The van der Waals surface area contributed by atoms with Crippen molar-refractivity contribution in [1.82, 2.24) is 9.55 Å². The second-order valence-corrected chi connectivity index (χ2v) is 8.80. The number of imidazole rings is 1. The van der Waals surface area contributed by atoms with Gasteiger partial charge in [-0.25, -0.2) is 9.37 Å². The number of aryl methyl sites for hydroxylation is 1. The molecule has 168 valence electrons. The topological polar surface area (TPSA) is 60.1 Å². The number of aromatic nitrogens is 2. The molecule has 1 aliphatic rings. The Labute approximate surface area is 196 Å². The summed E-state index contributed by atoms with van der Waals surface area (Å²) in [5.41, 5.74) is 3.81. The maximum Gasteiger partial charge on any atom is 0.291 e. The van der Waals surface area contributed by atoms with Gasteiger partial charge in [0.1, 0.15) is 11.5 Å². The normalized spacial score (nSPS) is 14.0. The van der Waals surface area contributed by atoms with Crippen molar-refractivity contribution in [3.05, 3.63) is 83.1 Å². The summed E-state index contributed by atoms with van der Waals surface area (Å²) in [6.07, 6.45) is 6.27. The van der Waals surface area contributed by atoms with Gasteiger partial charge in [-0.3, -0.25) is 4.79 Å². The van der Waals surface area contributed by atoms with E-state index in [1.807, 2.05) is 19.3 Å². The van der Waals surface area contributed by atoms with Gasteiger partial charge >= 0.3 is 0 Å². The van der Waals surface area contributed by atoms with Gasteiger partial charge < -0.3 is 14.3 Å². The van der Waals surface area contributed by atoms with Crippen molar-refractivity contribution in [2.24, 2.45) is 0 Å². The number of hydrogen-bond acceptors (Lipinski definition) is 3. The highest BCUT2D eigenvalue weighted by Gasteiger charge is 2.26. The first-order valence-electron chi connectivity index (χ1n) is 11.0. The molecular formula is C26H23ClFN3O2. The second kappa shape index (κ2) is 8.87. The van der Waals surface area contributed by atoms with E-state index in [2.05, 4.69) is 14.9 Å². The number of hydrogen-bond donors (Lipinski definition) is 1. The Bertz CT molecular complexity index is 1300. The van der Waals surface area contributed by atoms with Gasteiger partial charge in [0.05, 0.1) is 22.7 Å². The van der Waals surface area contributed by atoms with E-state index in [9.17, 15) is 9.18 Å². The second-order valence-electron chi connectivity index (χ2n) is 8.40. The third kappa shape index (κ3) is 4.31. The Morgan fingerprint density at radius 2 is 1.88 bits per heavy atom. The van der Waals surface area contributed by atoms with E-state index in [-0.39, 0.29) is 17.5 Å². The van der Waals surface area contributed by atoms with E-state index in [1.165, 1.54) is 12.1 Å². The number of rotatable bonds is 5. The lowest BCUT2D eigenvalue weighted by molar-refractivity contribution is 0.0997. The summed E-state index contributed by atoms with van der Waals surface area (Å²) in [5.74, 6) is 0.0225. The average Bonchev–Trinajstić information content (AvgIpc) is 3.56. The molecule has 5 rings (SSSR count). The number of anilines is 1. The van der Waals surface area contributed by atoms with Crippen molar-refractivity contribution in [2.75, 3.05) is 5.32 Å². The molecule has 0 radical (unpaired) electrons. The van der Waals surface area contributed by atoms with Gasteiger partial charge in [0.2, 0.25) is 0 Å². The molecule has 1 aliphatic carbocycles. The van der Waals surface area contributed by atoms with Crippen LogP contribution < -0.4 is 5.32 Å². The molecule has 2 aromatic carbocycles. The Morgan fingerprint density at radius 3 is 2.61 bits per heavy atom. The molecule has 7 heteroatoms. The Kier molecular flexibility index (Phi) is 5.77. The standard InChI is InChI=1S/C26H23ClFN3O2/c1-16-6-11-21(20(27)14-16)30-26(32)23-13-12-22(33-23)25-24(17-7-9-18(28)10-8-17)29-15-31(25)19-4-2-3-5-19/h6-15,19H,2-5H2,1H3,(H,30,32). The summed E-state index contributed by atoms with van der Waals surface area (Å²) in [6, 6.07) is 15.4. The van der Waals surface area contributed by atoms with Gasteiger partial charge in [-0.1, -0.05) is 30.5 Å². The highest BCUT2D eigenvalue weighted by atomic mass is 35.5. The van der Waals surface area contributed by atoms with Crippen LogP contribution in [-0.4, -0.2) is 15.5 Å². The summed E-state index contributed by atoms with van der Waals surface area (Å²) >= 11 is 6.26. The first-order chi connectivity index (χ1) is 16.0. The number of benzene rings is 2. The predicted molar refractivity (Wildman–Crippen MR) is 127 cm³/mol. The molecule has 4 aromatic rings. The number of furan rings is 1. The van der Waals surface area contributed by atoms with Gasteiger partial charge in [0.15, 0.2) is 11.5 Å². The van der Waals surface area contributed by atoms with Crippen LogP contribution in [0.25, 0.3) is 22.7 Å². The van der Waals surface area contributed by atoms with E-state index in [1.54, 1.807) is 36.4 Å². The minimum atomic E-state index is -0.387. The van der Waals surface area contributed by atoms with E-state index in [0.29, 0.717) is 28.2 Å². The molecule has 1 N–H and O–H groups in total. The van der Waals surface area contributed by atoms with E-state index in [0.717, 1.165) is 42.5 Å². The summed E-state index contributed by atoms with van der Waals surface area (Å²) in [4.78, 5) is 17.5. The first-order valence-corrected chi connectivity index (χ1v) is 11.4. The van der Waals surface area contributed by atoms with Crippen molar-refractivity contribution in [3.63, 3.8) is 0 Å². The zero-order valence-electron chi connectivity index (χ0n) is 18.1. The van der Waals surface area contributed by atoms with E-state index in [4.69, 9.17) is 16.0 Å². The number of nitrogens with zero attached hydrogens (tertiary/aromatic N) is 2. The molecule has 0 bridgehead atoms. The lowest BCUT2D eigenvalue weighted by Crippen LogP contribution is -2.11. The van der Waals surface area contributed by atoms with Crippen LogP contribution in [0, 0.1) is 12.7 Å². The summed E-state index contributed by atoms with van der Waals surface area (Å²) in [5, 5.41) is 3.27. The molecule has 2 heterocycles. The quantitative estimate of drug-likeness (QED) is 0.338. The van der Waals surface area contributed by atoms with Crippen LogP contribution in [0.1, 0.15) is 47.8 Å². The summed E-state index contributed by atoms with van der Waals surface area (Å²) < 4.78 is 21.7. The maximum atomic E-state index is 13.5. The lowest BCUT2D eigenvalue weighted by atomic mass is 10.1. The van der Waals surface area contributed by atoms with Crippen molar-refractivity contribution in [3.8, 4) is 22.7 Å². The van der Waals surface area contributed by atoms with Crippen LogP contribution in [-0.2, 0) is 0 Å². The molecule has 0 saturated heterocycles. The molecular weight excluding hydrogens is 441 g/mol. The molecule has 0 aliphatic heterocycles. The zero-order valence-corrected chi connectivity index (χ0v) is 18.9. The number of nitrogens with one attached hydrogen (secondary N) is 1. The molecule has 0 unspecified atom stereocenters. The highest BCUT2D eigenvalue weighted by Crippen LogP contribution is 2.39. The molecule has 1 saturated carbocycles.